The highest BCUT2D eigenvalue weighted by Crippen LogP contribution is 2.24. The summed E-state index contributed by atoms with van der Waals surface area (Å²) in [5, 5.41) is 8.85. The van der Waals surface area contributed by atoms with Gasteiger partial charge in [0, 0.05) is 43.4 Å². The summed E-state index contributed by atoms with van der Waals surface area (Å²) < 4.78 is 33.6. The molecule has 2 heterocycles. The van der Waals surface area contributed by atoms with Gasteiger partial charge in [-0.2, -0.15) is 4.31 Å². The monoisotopic (exact) mass is 490 g/mol. The van der Waals surface area contributed by atoms with Gasteiger partial charge in [0.25, 0.3) is 0 Å². The van der Waals surface area contributed by atoms with Gasteiger partial charge in [0.2, 0.25) is 10.0 Å². The van der Waals surface area contributed by atoms with E-state index in [1.807, 2.05) is 24.3 Å². The summed E-state index contributed by atoms with van der Waals surface area (Å²) in [6.45, 7) is -0.328. The van der Waals surface area contributed by atoms with E-state index in [2.05, 4.69) is 15.0 Å². The number of carbonyl (C=O) groups is 1. The second kappa shape index (κ2) is 10.9. The molecule has 0 aliphatic rings. The topological polar surface area (TPSA) is 123 Å². The van der Waals surface area contributed by atoms with Crippen LogP contribution in [0.5, 0.6) is 5.75 Å². The highest BCUT2D eigenvalue weighted by molar-refractivity contribution is 7.89. The molecule has 0 aliphatic heterocycles. The van der Waals surface area contributed by atoms with Crippen LogP contribution in [0.15, 0.2) is 96.5 Å². The van der Waals surface area contributed by atoms with Gasteiger partial charge in [0.05, 0.1) is 11.9 Å². The van der Waals surface area contributed by atoms with Crippen LogP contribution in [-0.2, 0) is 27.9 Å². The Morgan fingerprint density at radius 1 is 0.886 bits per heavy atom. The Kier molecular flexibility index (Phi) is 7.44. The minimum atomic E-state index is -3.88. The number of aliphatic carboxylic acids is 1. The molecule has 0 spiro atoms. The zero-order chi connectivity index (χ0) is 24.7. The Bertz CT molecular complexity index is 1380. The van der Waals surface area contributed by atoms with Crippen molar-refractivity contribution in [1.29, 1.82) is 0 Å². The first-order chi connectivity index (χ1) is 16.9. The quantitative estimate of drug-likeness (QED) is 0.359. The third kappa shape index (κ3) is 6.25. The molecule has 0 saturated carbocycles. The zero-order valence-electron chi connectivity index (χ0n) is 18.6. The molecule has 0 fully saturated rings. The minimum Gasteiger partial charge on any atom is -0.482 e. The van der Waals surface area contributed by atoms with Crippen molar-refractivity contribution in [2.75, 3.05) is 6.61 Å². The van der Waals surface area contributed by atoms with E-state index < -0.39 is 22.6 Å². The van der Waals surface area contributed by atoms with E-state index in [4.69, 9.17) is 9.84 Å². The maximum atomic E-state index is 13.5. The lowest BCUT2D eigenvalue weighted by Crippen LogP contribution is -2.30. The Hall–Kier alpha value is -4.15. The minimum absolute atomic E-state index is 0.0490. The highest BCUT2D eigenvalue weighted by atomic mass is 32.2. The lowest BCUT2D eigenvalue weighted by atomic mass is 10.1. The number of hydrogen-bond acceptors (Lipinski definition) is 7. The van der Waals surface area contributed by atoms with Gasteiger partial charge in [0.1, 0.15) is 10.6 Å². The maximum Gasteiger partial charge on any atom is 0.341 e. The lowest BCUT2D eigenvalue weighted by Gasteiger charge is -2.23. The number of ether oxygens (including phenoxy) is 1. The summed E-state index contributed by atoms with van der Waals surface area (Å²) in [5.41, 5.74) is 3.02. The van der Waals surface area contributed by atoms with Crippen molar-refractivity contribution < 1.29 is 23.1 Å². The number of aromatic nitrogens is 3. The molecule has 2 aromatic heterocycles. The van der Waals surface area contributed by atoms with E-state index in [9.17, 15) is 13.2 Å². The van der Waals surface area contributed by atoms with Gasteiger partial charge in [-0.1, -0.05) is 36.4 Å². The standard InChI is InChI=1S/C25H22N4O5S/c30-25(31)18-34-22-4-1-3-20(13-22)17-29(35(32,33)23-5-2-10-26-14-23)16-19-6-8-21(9-7-19)24-15-27-11-12-28-24/h1-15H,16-18H2,(H,30,31). The van der Waals surface area contributed by atoms with Crippen LogP contribution in [-0.4, -0.2) is 45.4 Å². The highest BCUT2D eigenvalue weighted by Gasteiger charge is 2.25. The molecule has 0 saturated heterocycles. The van der Waals surface area contributed by atoms with Crippen molar-refractivity contribution in [1.82, 2.24) is 19.3 Å². The average molecular weight is 491 g/mol. The second-order valence-corrected chi connectivity index (χ2v) is 9.52. The molecule has 0 atom stereocenters. The van der Waals surface area contributed by atoms with Gasteiger partial charge < -0.3 is 9.84 Å². The van der Waals surface area contributed by atoms with Gasteiger partial charge in [-0.25, -0.2) is 13.2 Å². The van der Waals surface area contributed by atoms with Crippen LogP contribution in [0.2, 0.25) is 0 Å². The average Bonchev–Trinajstić information content (AvgIpc) is 2.89. The number of rotatable bonds is 10. The smallest absolute Gasteiger partial charge is 0.341 e. The number of nitrogens with zero attached hydrogens (tertiary/aromatic N) is 4. The van der Waals surface area contributed by atoms with Crippen molar-refractivity contribution in [3.8, 4) is 17.0 Å². The molecule has 2 aromatic carbocycles. The van der Waals surface area contributed by atoms with Crippen molar-refractivity contribution in [2.24, 2.45) is 0 Å². The normalized spacial score (nSPS) is 11.3. The number of carboxylic acid groups (broad SMARTS) is 1. The van der Waals surface area contributed by atoms with Crippen molar-refractivity contribution >= 4 is 16.0 Å². The van der Waals surface area contributed by atoms with E-state index >= 15 is 0 Å². The Morgan fingerprint density at radius 3 is 2.34 bits per heavy atom. The van der Waals surface area contributed by atoms with E-state index in [1.54, 1.807) is 48.9 Å². The summed E-state index contributed by atoms with van der Waals surface area (Å²) in [4.78, 5) is 23.2. The predicted octanol–water partition coefficient (Wildman–Crippen LogP) is 3.39. The molecule has 4 rings (SSSR count). The van der Waals surface area contributed by atoms with E-state index in [0.29, 0.717) is 11.3 Å². The van der Waals surface area contributed by atoms with E-state index in [1.165, 1.54) is 22.8 Å². The van der Waals surface area contributed by atoms with Gasteiger partial charge in [-0.3, -0.25) is 15.0 Å². The molecule has 178 valence electrons. The fourth-order valence-electron chi connectivity index (χ4n) is 3.39. The van der Waals surface area contributed by atoms with Crippen LogP contribution in [0.3, 0.4) is 0 Å². The van der Waals surface area contributed by atoms with Crippen LogP contribution in [0.25, 0.3) is 11.3 Å². The molecule has 9 nitrogen and oxygen atoms in total. The number of sulfonamides is 1. The number of hydrogen-bond donors (Lipinski definition) is 1. The number of carboxylic acids is 1. The largest absolute Gasteiger partial charge is 0.482 e. The van der Waals surface area contributed by atoms with Crippen molar-refractivity contribution in [3.05, 3.63) is 103 Å². The molecular weight excluding hydrogens is 468 g/mol. The van der Waals surface area contributed by atoms with E-state index in [-0.39, 0.29) is 18.0 Å². The molecule has 4 aromatic rings. The first-order valence-corrected chi connectivity index (χ1v) is 12.0. The third-order valence-corrected chi connectivity index (χ3v) is 6.84. The zero-order valence-corrected chi connectivity index (χ0v) is 19.4. The summed E-state index contributed by atoms with van der Waals surface area (Å²) in [7, 11) is -3.88. The summed E-state index contributed by atoms with van der Waals surface area (Å²) in [5.74, 6) is -0.752. The summed E-state index contributed by atoms with van der Waals surface area (Å²) in [6, 6.07) is 17.2. The Morgan fingerprint density at radius 2 is 1.66 bits per heavy atom. The van der Waals surface area contributed by atoms with Crippen molar-refractivity contribution in [3.63, 3.8) is 0 Å². The van der Waals surface area contributed by atoms with E-state index in [0.717, 1.165) is 16.8 Å². The van der Waals surface area contributed by atoms with Crippen LogP contribution in [0.1, 0.15) is 11.1 Å². The first kappa shape index (κ1) is 24.0. The molecule has 0 amide bonds. The fourth-order valence-corrected chi connectivity index (χ4v) is 4.77. The summed E-state index contributed by atoms with van der Waals surface area (Å²) in [6.07, 6.45) is 7.69. The van der Waals surface area contributed by atoms with Crippen LogP contribution < -0.4 is 4.74 Å². The number of benzene rings is 2. The molecule has 0 aliphatic carbocycles. The predicted molar refractivity (Wildman–Crippen MR) is 128 cm³/mol. The lowest BCUT2D eigenvalue weighted by molar-refractivity contribution is -0.139. The van der Waals surface area contributed by atoms with Crippen molar-refractivity contribution in [2.45, 2.75) is 18.0 Å². The second-order valence-electron chi connectivity index (χ2n) is 7.58. The van der Waals surface area contributed by atoms with Crippen LogP contribution in [0.4, 0.5) is 0 Å². The van der Waals surface area contributed by atoms with Gasteiger partial charge in [0.15, 0.2) is 6.61 Å². The molecule has 0 radical (unpaired) electrons. The van der Waals surface area contributed by atoms with Gasteiger partial charge in [-0.15, -0.1) is 0 Å². The Labute approximate surface area is 202 Å². The molecule has 1 N–H and O–H groups in total. The number of pyridine rings is 1. The fraction of sp³-hybridized carbons (Fsp3) is 0.120. The molecule has 35 heavy (non-hydrogen) atoms. The molecule has 0 bridgehead atoms. The SMILES string of the molecule is O=C(O)COc1cccc(CN(Cc2ccc(-c3cnccn3)cc2)S(=O)(=O)c2cccnc2)c1. The maximum absolute atomic E-state index is 13.5. The molecule has 10 heteroatoms. The molecule has 0 unspecified atom stereocenters. The molecular formula is C25H22N4O5S. The Balaban J connectivity index is 1.61. The van der Waals surface area contributed by atoms with Gasteiger partial charge >= 0.3 is 5.97 Å². The van der Waals surface area contributed by atoms with Crippen LogP contribution in [0, 0.1) is 0 Å². The summed E-state index contributed by atoms with van der Waals surface area (Å²) >= 11 is 0. The van der Waals surface area contributed by atoms with Crippen LogP contribution >= 0.6 is 0 Å². The van der Waals surface area contributed by atoms with Gasteiger partial charge in [-0.05, 0) is 35.4 Å². The third-order valence-electron chi connectivity index (χ3n) is 5.06. The first-order valence-electron chi connectivity index (χ1n) is 10.6.